The number of aliphatic hydroxyl groups is 1. The van der Waals surface area contributed by atoms with E-state index in [0.717, 1.165) is 19.5 Å². The second-order valence-corrected chi connectivity index (χ2v) is 3.88. The van der Waals surface area contributed by atoms with Crippen LogP contribution in [0.2, 0.25) is 0 Å². The van der Waals surface area contributed by atoms with Gasteiger partial charge in [0.1, 0.15) is 0 Å². The minimum absolute atomic E-state index is 0.0336. The molecule has 3 heteroatoms. The van der Waals surface area contributed by atoms with Crippen LogP contribution in [0.4, 0.5) is 0 Å². The van der Waals surface area contributed by atoms with Crippen LogP contribution in [0, 0.1) is 0 Å². The molecular formula is C12H17NO2. The predicted molar refractivity (Wildman–Crippen MR) is 58.5 cm³/mol. The Morgan fingerprint density at radius 1 is 1.33 bits per heavy atom. The molecular weight excluding hydrogens is 190 g/mol. The van der Waals surface area contributed by atoms with Gasteiger partial charge in [0, 0.05) is 19.7 Å². The van der Waals surface area contributed by atoms with Gasteiger partial charge in [-0.3, -0.25) is 0 Å². The van der Waals surface area contributed by atoms with Crippen molar-refractivity contribution in [1.82, 2.24) is 5.32 Å². The van der Waals surface area contributed by atoms with Gasteiger partial charge in [-0.15, -0.1) is 0 Å². The summed E-state index contributed by atoms with van der Waals surface area (Å²) in [6.45, 7) is 2.22. The zero-order chi connectivity index (χ0) is 10.5. The molecule has 3 nitrogen and oxygen atoms in total. The lowest BCUT2D eigenvalue weighted by atomic mass is 10.2. The van der Waals surface area contributed by atoms with E-state index in [-0.39, 0.29) is 12.2 Å². The number of hydrogen-bond donors (Lipinski definition) is 2. The Morgan fingerprint density at radius 3 is 2.80 bits per heavy atom. The minimum Gasteiger partial charge on any atom is -0.390 e. The molecule has 1 fully saturated rings. The molecule has 1 saturated heterocycles. The third-order valence-corrected chi connectivity index (χ3v) is 2.69. The van der Waals surface area contributed by atoms with Crippen molar-refractivity contribution in [3.63, 3.8) is 0 Å². The van der Waals surface area contributed by atoms with Crippen LogP contribution in [0.3, 0.4) is 0 Å². The second-order valence-electron chi connectivity index (χ2n) is 3.88. The lowest BCUT2D eigenvalue weighted by Crippen LogP contribution is -2.33. The number of rotatable bonds is 4. The van der Waals surface area contributed by atoms with E-state index in [1.54, 1.807) is 0 Å². The van der Waals surface area contributed by atoms with E-state index in [9.17, 15) is 5.11 Å². The fraction of sp³-hybridized carbons (Fsp3) is 0.500. The third kappa shape index (κ3) is 3.02. The van der Waals surface area contributed by atoms with Gasteiger partial charge in [0.25, 0.3) is 0 Å². The number of benzene rings is 1. The lowest BCUT2D eigenvalue weighted by molar-refractivity contribution is 0.0426. The van der Waals surface area contributed by atoms with Gasteiger partial charge in [0.2, 0.25) is 0 Å². The minimum atomic E-state index is -0.298. The van der Waals surface area contributed by atoms with E-state index >= 15 is 0 Å². The molecule has 1 aliphatic heterocycles. The average Bonchev–Trinajstić information content (AvgIpc) is 2.66. The van der Waals surface area contributed by atoms with Crippen molar-refractivity contribution < 1.29 is 9.84 Å². The van der Waals surface area contributed by atoms with Gasteiger partial charge in [-0.2, -0.15) is 0 Å². The first kappa shape index (κ1) is 10.6. The first-order chi connectivity index (χ1) is 7.36. The van der Waals surface area contributed by atoms with Crippen LogP contribution in [0.5, 0.6) is 0 Å². The van der Waals surface area contributed by atoms with Crippen molar-refractivity contribution in [1.29, 1.82) is 0 Å². The van der Waals surface area contributed by atoms with E-state index in [4.69, 9.17) is 4.74 Å². The Labute approximate surface area is 90.1 Å². The molecule has 1 heterocycles. The first-order valence-corrected chi connectivity index (χ1v) is 5.40. The van der Waals surface area contributed by atoms with Gasteiger partial charge in [0.15, 0.2) is 0 Å². The Balaban J connectivity index is 1.71. The maximum absolute atomic E-state index is 9.52. The van der Waals surface area contributed by atoms with Gasteiger partial charge < -0.3 is 15.2 Å². The summed E-state index contributed by atoms with van der Waals surface area (Å²) in [6.07, 6.45) is 0.430. The molecule has 2 N–H and O–H groups in total. The summed E-state index contributed by atoms with van der Waals surface area (Å²) in [5.74, 6) is 0. The highest BCUT2D eigenvalue weighted by molar-refractivity contribution is 5.14. The van der Waals surface area contributed by atoms with Crippen LogP contribution in [-0.4, -0.2) is 30.5 Å². The molecule has 82 valence electrons. The quantitative estimate of drug-likeness (QED) is 0.771. The highest BCUT2D eigenvalue weighted by Gasteiger charge is 2.25. The zero-order valence-electron chi connectivity index (χ0n) is 8.73. The largest absolute Gasteiger partial charge is 0.390 e. The molecule has 0 saturated carbocycles. The molecule has 0 aromatic heterocycles. The second kappa shape index (κ2) is 5.26. The van der Waals surface area contributed by atoms with Crippen LogP contribution in [-0.2, 0) is 11.3 Å². The Kier molecular flexibility index (Phi) is 3.72. The van der Waals surface area contributed by atoms with E-state index < -0.39 is 0 Å². The van der Waals surface area contributed by atoms with Gasteiger partial charge >= 0.3 is 0 Å². The van der Waals surface area contributed by atoms with Crippen molar-refractivity contribution >= 4 is 0 Å². The van der Waals surface area contributed by atoms with Crippen LogP contribution >= 0.6 is 0 Å². The molecule has 0 unspecified atom stereocenters. The fourth-order valence-electron chi connectivity index (χ4n) is 1.79. The van der Waals surface area contributed by atoms with Gasteiger partial charge in [-0.25, -0.2) is 0 Å². The van der Waals surface area contributed by atoms with E-state index in [1.165, 1.54) is 5.56 Å². The van der Waals surface area contributed by atoms with Gasteiger partial charge in [0.05, 0.1) is 12.2 Å². The number of aliphatic hydroxyl groups excluding tert-OH is 1. The summed E-state index contributed by atoms with van der Waals surface area (Å²) in [7, 11) is 0. The third-order valence-electron chi connectivity index (χ3n) is 2.69. The zero-order valence-corrected chi connectivity index (χ0v) is 8.73. The van der Waals surface area contributed by atoms with E-state index in [0.29, 0.717) is 6.61 Å². The fourth-order valence-corrected chi connectivity index (χ4v) is 1.79. The highest BCUT2D eigenvalue weighted by atomic mass is 16.5. The van der Waals surface area contributed by atoms with Crippen molar-refractivity contribution in [3.8, 4) is 0 Å². The SMILES string of the molecule is O[C@@H]1CCO[C@H]1CNCc1ccccc1. The maximum Gasteiger partial charge on any atom is 0.0958 e. The molecule has 15 heavy (non-hydrogen) atoms. The molecule has 2 atom stereocenters. The van der Waals surface area contributed by atoms with E-state index in [1.807, 2.05) is 18.2 Å². The van der Waals surface area contributed by atoms with Crippen molar-refractivity contribution in [2.45, 2.75) is 25.2 Å². The summed E-state index contributed by atoms with van der Waals surface area (Å²) >= 11 is 0. The van der Waals surface area contributed by atoms with Crippen LogP contribution in [0.15, 0.2) is 30.3 Å². The molecule has 2 rings (SSSR count). The summed E-state index contributed by atoms with van der Waals surface area (Å²) in [5.41, 5.74) is 1.25. The number of nitrogens with one attached hydrogen (secondary N) is 1. The summed E-state index contributed by atoms with van der Waals surface area (Å²) in [4.78, 5) is 0. The molecule has 0 amide bonds. The Hall–Kier alpha value is -0.900. The first-order valence-electron chi connectivity index (χ1n) is 5.40. The van der Waals surface area contributed by atoms with Gasteiger partial charge in [-0.1, -0.05) is 30.3 Å². The van der Waals surface area contributed by atoms with Crippen molar-refractivity contribution in [2.75, 3.05) is 13.2 Å². The topological polar surface area (TPSA) is 41.5 Å². The normalized spacial score (nSPS) is 25.7. The standard InChI is InChI=1S/C12H17NO2/c14-11-6-7-15-12(11)9-13-8-10-4-2-1-3-5-10/h1-5,11-14H,6-9H2/t11-,12+/m1/s1. The van der Waals surface area contributed by atoms with Crippen LogP contribution in [0.1, 0.15) is 12.0 Å². The van der Waals surface area contributed by atoms with Gasteiger partial charge in [-0.05, 0) is 12.0 Å². The lowest BCUT2D eigenvalue weighted by Gasteiger charge is -2.14. The molecule has 1 aromatic carbocycles. The van der Waals surface area contributed by atoms with Crippen LogP contribution in [0.25, 0.3) is 0 Å². The summed E-state index contributed by atoms with van der Waals surface area (Å²) in [6, 6.07) is 10.2. The summed E-state index contributed by atoms with van der Waals surface area (Å²) in [5, 5.41) is 12.8. The summed E-state index contributed by atoms with van der Waals surface area (Å²) < 4.78 is 5.39. The molecule has 0 bridgehead atoms. The number of ether oxygens (including phenoxy) is 1. The molecule has 0 spiro atoms. The highest BCUT2D eigenvalue weighted by Crippen LogP contribution is 2.12. The number of hydrogen-bond acceptors (Lipinski definition) is 3. The van der Waals surface area contributed by atoms with E-state index in [2.05, 4.69) is 17.4 Å². The Bertz CT molecular complexity index is 289. The predicted octanol–water partition coefficient (Wildman–Crippen LogP) is 0.926. The van der Waals surface area contributed by atoms with Crippen molar-refractivity contribution in [3.05, 3.63) is 35.9 Å². The average molecular weight is 207 g/mol. The molecule has 1 aliphatic rings. The maximum atomic E-state index is 9.52. The monoisotopic (exact) mass is 207 g/mol. The van der Waals surface area contributed by atoms with Crippen LogP contribution < -0.4 is 5.32 Å². The van der Waals surface area contributed by atoms with Crippen molar-refractivity contribution in [2.24, 2.45) is 0 Å². The molecule has 0 aliphatic carbocycles. The smallest absolute Gasteiger partial charge is 0.0958 e. The Morgan fingerprint density at radius 2 is 2.13 bits per heavy atom. The molecule has 1 aromatic rings. The molecule has 0 radical (unpaired) electrons.